The van der Waals surface area contributed by atoms with Crippen molar-refractivity contribution >= 4 is 12.0 Å². The summed E-state index contributed by atoms with van der Waals surface area (Å²) in [7, 11) is 1.48. The van der Waals surface area contributed by atoms with Crippen molar-refractivity contribution in [3.8, 4) is 23.3 Å². The summed E-state index contributed by atoms with van der Waals surface area (Å²) >= 11 is 0. The summed E-state index contributed by atoms with van der Waals surface area (Å²) in [5.41, 5.74) is 2.68. The standard InChI is InChI=1S/C20H19NO4/c1-14-6-4-7-15(2)20(14)24-13-19(22)25-17-10-9-16(8-5-11-21)12-18(17)23-3/h4-10,12H,13H2,1-3H3/b8-5-. The number of hydrogen-bond acceptors (Lipinski definition) is 5. The number of nitrogens with zero attached hydrogens (tertiary/aromatic N) is 1. The highest BCUT2D eigenvalue weighted by atomic mass is 16.6. The quantitative estimate of drug-likeness (QED) is 0.455. The Morgan fingerprint density at radius 3 is 2.52 bits per heavy atom. The second-order valence-corrected chi connectivity index (χ2v) is 5.36. The third-order valence-corrected chi connectivity index (χ3v) is 3.50. The maximum Gasteiger partial charge on any atom is 0.349 e. The van der Waals surface area contributed by atoms with Crippen LogP contribution in [0.25, 0.3) is 6.08 Å². The number of rotatable bonds is 6. The minimum Gasteiger partial charge on any atom is -0.493 e. The fourth-order valence-electron chi connectivity index (χ4n) is 2.32. The summed E-state index contributed by atoms with van der Waals surface area (Å²) in [5, 5.41) is 8.57. The van der Waals surface area contributed by atoms with E-state index in [1.807, 2.05) is 38.1 Å². The highest BCUT2D eigenvalue weighted by Crippen LogP contribution is 2.29. The molecular formula is C20H19NO4. The molecule has 0 saturated heterocycles. The molecule has 0 spiro atoms. The molecule has 0 fully saturated rings. The van der Waals surface area contributed by atoms with Crippen LogP contribution in [0.1, 0.15) is 16.7 Å². The van der Waals surface area contributed by atoms with Gasteiger partial charge in [0, 0.05) is 6.08 Å². The van der Waals surface area contributed by atoms with E-state index < -0.39 is 5.97 Å². The van der Waals surface area contributed by atoms with Crippen molar-refractivity contribution in [2.75, 3.05) is 13.7 Å². The summed E-state index contributed by atoms with van der Waals surface area (Å²) in [4.78, 5) is 12.1. The second kappa shape index (κ2) is 8.55. The predicted octanol–water partition coefficient (Wildman–Crippen LogP) is 3.83. The lowest BCUT2D eigenvalue weighted by Gasteiger charge is -2.13. The van der Waals surface area contributed by atoms with Gasteiger partial charge >= 0.3 is 5.97 Å². The second-order valence-electron chi connectivity index (χ2n) is 5.36. The van der Waals surface area contributed by atoms with Gasteiger partial charge in [-0.1, -0.05) is 24.3 Å². The Hall–Kier alpha value is -3.26. The third kappa shape index (κ3) is 4.85. The normalized spacial score (nSPS) is 10.3. The van der Waals surface area contributed by atoms with Gasteiger partial charge in [0.2, 0.25) is 0 Å². The molecular weight excluding hydrogens is 318 g/mol. The molecule has 2 aromatic carbocycles. The van der Waals surface area contributed by atoms with Gasteiger partial charge in [0.25, 0.3) is 0 Å². The van der Waals surface area contributed by atoms with Gasteiger partial charge in [-0.25, -0.2) is 4.79 Å². The summed E-state index contributed by atoms with van der Waals surface area (Å²) < 4.78 is 16.1. The molecule has 0 bridgehead atoms. The van der Waals surface area contributed by atoms with E-state index in [1.165, 1.54) is 13.2 Å². The fourth-order valence-corrected chi connectivity index (χ4v) is 2.32. The Kier molecular flexibility index (Phi) is 6.19. The van der Waals surface area contributed by atoms with Crippen LogP contribution in [0, 0.1) is 25.2 Å². The molecule has 0 saturated carbocycles. The van der Waals surface area contributed by atoms with Gasteiger partial charge in [-0.15, -0.1) is 0 Å². The number of ether oxygens (including phenoxy) is 3. The lowest BCUT2D eigenvalue weighted by molar-refractivity contribution is -0.136. The molecule has 128 valence electrons. The molecule has 0 radical (unpaired) electrons. The molecule has 0 unspecified atom stereocenters. The van der Waals surface area contributed by atoms with Crippen LogP contribution in [0.3, 0.4) is 0 Å². The van der Waals surface area contributed by atoms with E-state index in [0.29, 0.717) is 17.2 Å². The zero-order valence-corrected chi connectivity index (χ0v) is 14.4. The number of methoxy groups -OCH3 is 1. The minimum atomic E-state index is -0.527. The highest BCUT2D eigenvalue weighted by molar-refractivity contribution is 5.75. The Balaban J connectivity index is 2.05. The first-order valence-corrected chi connectivity index (χ1v) is 7.69. The molecule has 0 aromatic heterocycles. The fraction of sp³-hybridized carbons (Fsp3) is 0.200. The monoisotopic (exact) mass is 337 g/mol. The lowest BCUT2D eigenvalue weighted by atomic mass is 10.1. The summed E-state index contributed by atoms with van der Waals surface area (Å²) in [6.07, 6.45) is 3.00. The van der Waals surface area contributed by atoms with E-state index in [4.69, 9.17) is 19.5 Å². The maximum atomic E-state index is 12.1. The number of para-hydroxylation sites is 1. The Morgan fingerprint density at radius 1 is 1.16 bits per heavy atom. The molecule has 5 nitrogen and oxygen atoms in total. The van der Waals surface area contributed by atoms with E-state index >= 15 is 0 Å². The Morgan fingerprint density at radius 2 is 1.88 bits per heavy atom. The molecule has 0 heterocycles. The molecule has 0 amide bonds. The van der Waals surface area contributed by atoms with Gasteiger partial charge in [0.1, 0.15) is 5.75 Å². The van der Waals surface area contributed by atoms with Crippen LogP contribution in [-0.4, -0.2) is 19.7 Å². The molecule has 25 heavy (non-hydrogen) atoms. The van der Waals surface area contributed by atoms with Gasteiger partial charge in [0.15, 0.2) is 18.1 Å². The molecule has 0 aliphatic carbocycles. The maximum absolute atomic E-state index is 12.1. The number of esters is 1. The van der Waals surface area contributed by atoms with Gasteiger partial charge in [-0.05, 0) is 48.7 Å². The first kappa shape index (κ1) is 18.1. The van der Waals surface area contributed by atoms with E-state index in [-0.39, 0.29) is 6.61 Å². The van der Waals surface area contributed by atoms with Crippen molar-refractivity contribution in [2.45, 2.75) is 13.8 Å². The number of nitriles is 1. The zero-order chi connectivity index (χ0) is 18.2. The highest BCUT2D eigenvalue weighted by Gasteiger charge is 2.12. The van der Waals surface area contributed by atoms with Gasteiger partial charge in [-0.2, -0.15) is 5.26 Å². The van der Waals surface area contributed by atoms with E-state index in [2.05, 4.69) is 0 Å². The SMILES string of the molecule is COc1cc(/C=C\C#N)ccc1OC(=O)COc1c(C)cccc1C. The first-order chi connectivity index (χ1) is 12.0. The summed E-state index contributed by atoms with van der Waals surface area (Å²) in [5.74, 6) is 0.858. The smallest absolute Gasteiger partial charge is 0.349 e. The Labute approximate surface area is 147 Å². The molecule has 0 aliphatic heterocycles. The van der Waals surface area contributed by atoms with Crippen molar-refractivity contribution in [2.24, 2.45) is 0 Å². The number of allylic oxidation sites excluding steroid dienone is 1. The van der Waals surface area contributed by atoms with E-state index in [1.54, 1.807) is 24.3 Å². The van der Waals surface area contributed by atoms with Crippen molar-refractivity contribution in [3.63, 3.8) is 0 Å². The number of aryl methyl sites for hydroxylation is 2. The van der Waals surface area contributed by atoms with Crippen molar-refractivity contribution in [3.05, 3.63) is 59.2 Å². The summed E-state index contributed by atoms with van der Waals surface area (Å²) in [6, 6.07) is 12.7. The number of carbonyl (C=O) groups excluding carboxylic acids is 1. The Bertz CT molecular complexity index is 814. The van der Waals surface area contributed by atoms with Crippen LogP contribution in [0.4, 0.5) is 0 Å². The van der Waals surface area contributed by atoms with E-state index in [9.17, 15) is 4.79 Å². The van der Waals surface area contributed by atoms with Crippen LogP contribution in [0.15, 0.2) is 42.5 Å². The molecule has 5 heteroatoms. The average molecular weight is 337 g/mol. The van der Waals surface area contributed by atoms with Crippen LogP contribution >= 0.6 is 0 Å². The van der Waals surface area contributed by atoms with Gasteiger partial charge in [-0.3, -0.25) is 0 Å². The predicted molar refractivity (Wildman–Crippen MR) is 94.7 cm³/mol. The molecule has 0 aliphatic rings. The van der Waals surface area contributed by atoms with Crippen molar-refractivity contribution < 1.29 is 19.0 Å². The number of benzene rings is 2. The minimum absolute atomic E-state index is 0.203. The zero-order valence-electron chi connectivity index (χ0n) is 14.4. The van der Waals surface area contributed by atoms with Gasteiger partial charge in [0.05, 0.1) is 13.2 Å². The molecule has 0 N–H and O–H groups in total. The molecule has 0 atom stereocenters. The first-order valence-electron chi connectivity index (χ1n) is 7.69. The van der Waals surface area contributed by atoms with Crippen LogP contribution in [-0.2, 0) is 4.79 Å². The number of hydrogen-bond donors (Lipinski definition) is 0. The number of carbonyl (C=O) groups is 1. The van der Waals surface area contributed by atoms with Crippen LogP contribution < -0.4 is 14.2 Å². The molecule has 2 aromatic rings. The third-order valence-electron chi connectivity index (χ3n) is 3.50. The van der Waals surface area contributed by atoms with Crippen LogP contribution in [0.2, 0.25) is 0 Å². The summed E-state index contributed by atoms with van der Waals surface area (Å²) in [6.45, 7) is 3.64. The largest absolute Gasteiger partial charge is 0.493 e. The molecule has 2 rings (SSSR count). The van der Waals surface area contributed by atoms with Gasteiger partial charge < -0.3 is 14.2 Å². The van der Waals surface area contributed by atoms with E-state index in [0.717, 1.165) is 16.7 Å². The average Bonchev–Trinajstić information content (AvgIpc) is 2.60. The lowest BCUT2D eigenvalue weighted by Crippen LogP contribution is -2.18. The van der Waals surface area contributed by atoms with Crippen molar-refractivity contribution in [1.29, 1.82) is 5.26 Å². The van der Waals surface area contributed by atoms with Crippen LogP contribution in [0.5, 0.6) is 17.2 Å². The topological polar surface area (TPSA) is 68.5 Å². The van der Waals surface area contributed by atoms with Crippen molar-refractivity contribution in [1.82, 2.24) is 0 Å².